The molecule has 3 aromatic carbocycles. The number of nitrogens with one attached hydrogen (secondary N) is 1. The summed E-state index contributed by atoms with van der Waals surface area (Å²) in [6, 6.07) is 34.5. The minimum Gasteiger partial charge on any atom is -0.313 e. The van der Waals surface area contributed by atoms with E-state index in [1.807, 2.05) is 12.1 Å². The summed E-state index contributed by atoms with van der Waals surface area (Å²) in [6.45, 7) is 0.941. The molecule has 0 amide bonds. The largest absolute Gasteiger partial charge is 0.313 e. The van der Waals surface area contributed by atoms with Gasteiger partial charge < -0.3 is 5.32 Å². The Labute approximate surface area is 174 Å². The molecule has 0 aromatic heterocycles. The fraction of sp³-hybridized carbons (Fsp3) is 0.296. The highest BCUT2D eigenvalue weighted by molar-refractivity contribution is 5.47. The summed E-state index contributed by atoms with van der Waals surface area (Å²) in [5.41, 5.74) is 2.95. The second kappa shape index (κ2) is 9.07. The van der Waals surface area contributed by atoms with Crippen molar-refractivity contribution >= 4 is 0 Å². The highest BCUT2D eigenvalue weighted by atomic mass is 14.9. The molecule has 1 fully saturated rings. The zero-order valence-electron chi connectivity index (χ0n) is 16.8. The number of hydrogen-bond donors (Lipinski definition) is 1. The minimum absolute atomic E-state index is 0.257. The quantitative estimate of drug-likeness (QED) is 0.588. The van der Waals surface area contributed by atoms with Crippen LogP contribution in [-0.4, -0.2) is 12.6 Å². The molecule has 3 aromatic rings. The third-order valence-corrected chi connectivity index (χ3v) is 6.37. The van der Waals surface area contributed by atoms with E-state index in [2.05, 4.69) is 90.2 Å². The van der Waals surface area contributed by atoms with Crippen molar-refractivity contribution < 1.29 is 0 Å². The Kier molecular flexibility index (Phi) is 6.08. The molecule has 2 heteroatoms. The van der Waals surface area contributed by atoms with E-state index in [-0.39, 0.29) is 5.92 Å². The van der Waals surface area contributed by atoms with Crippen molar-refractivity contribution in [1.82, 2.24) is 5.32 Å². The van der Waals surface area contributed by atoms with Gasteiger partial charge in [-0.1, -0.05) is 97.4 Å². The van der Waals surface area contributed by atoms with Crippen molar-refractivity contribution in [1.29, 1.82) is 5.26 Å². The molecule has 0 bridgehead atoms. The Morgan fingerprint density at radius 1 is 0.793 bits per heavy atom. The van der Waals surface area contributed by atoms with Gasteiger partial charge in [0.15, 0.2) is 0 Å². The van der Waals surface area contributed by atoms with E-state index in [0.717, 1.165) is 43.4 Å². The first kappa shape index (κ1) is 19.4. The Morgan fingerprint density at radius 2 is 1.34 bits per heavy atom. The number of nitriles is 1. The molecule has 2 atom stereocenters. The Bertz CT molecular complexity index is 889. The highest BCUT2D eigenvalue weighted by Gasteiger charge is 2.47. The van der Waals surface area contributed by atoms with Crippen molar-refractivity contribution in [3.8, 4) is 6.07 Å². The van der Waals surface area contributed by atoms with Gasteiger partial charge >= 0.3 is 0 Å². The number of rotatable bonds is 7. The molecule has 0 spiro atoms. The van der Waals surface area contributed by atoms with Gasteiger partial charge in [-0.2, -0.15) is 5.26 Å². The summed E-state index contributed by atoms with van der Waals surface area (Å²) in [5, 5.41) is 14.4. The first-order valence-corrected chi connectivity index (χ1v) is 10.6. The third kappa shape index (κ3) is 3.97. The van der Waals surface area contributed by atoms with Gasteiger partial charge in [0.1, 0.15) is 5.41 Å². The molecule has 1 saturated carbocycles. The first-order valence-electron chi connectivity index (χ1n) is 10.6. The van der Waals surface area contributed by atoms with Gasteiger partial charge in [0, 0.05) is 12.0 Å². The molecule has 2 unspecified atom stereocenters. The molecule has 1 aliphatic rings. The number of benzene rings is 3. The van der Waals surface area contributed by atoms with Gasteiger partial charge in [0.2, 0.25) is 0 Å². The van der Waals surface area contributed by atoms with Crippen LogP contribution in [0.3, 0.4) is 0 Å². The minimum atomic E-state index is -0.622. The molecule has 0 aliphatic heterocycles. The monoisotopic (exact) mass is 380 g/mol. The standard InChI is InChI=1S/C27H28N2/c28-21-27(23-13-6-2-7-14-23,24-15-8-3-9-16-24)25-17-10-18-26(25)29-20-19-22-11-4-1-5-12-22/h1-9,11-16,25-26,29H,10,17-20H2. The fourth-order valence-corrected chi connectivity index (χ4v) is 4.98. The maximum absolute atomic E-state index is 10.6. The van der Waals surface area contributed by atoms with E-state index >= 15 is 0 Å². The molecule has 2 nitrogen and oxygen atoms in total. The zero-order valence-corrected chi connectivity index (χ0v) is 16.8. The van der Waals surface area contributed by atoms with Crippen molar-refractivity contribution in [2.45, 2.75) is 37.1 Å². The van der Waals surface area contributed by atoms with Crippen LogP contribution in [0, 0.1) is 17.2 Å². The van der Waals surface area contributed by atoms with Crippen LogP contribution in [0.1, 0.15) is 36.0 Å². The molecule has 1 N–H and O–H groups in total. The average molecular weight is 381 g/mol. The van der Waals surface area contributed by atoms with Gasteiger partial charge in [-0.15, -0.1) is 0 Å². The lowest BCUT2D eigenvalue weighted by Gasteiger charge is -2.38. The van der Waals surface area contributed by atoms with Crippen molar-refractivity contribution in [3.05, 3.63) is 108 Å². The lowest BCUT2D eigenvalue weighted by atomic mass is 9.65. The maximum Gasteiger partial charge on any atom is 0.111 e. The number of nitrogens with zero attached hydrogens (tertiary/aromatic N) is 1. The van der Waals surface area contributed by atoms with Gasteiger partial charge in [0.25, 0.3) is 0 Å². The van der Waals surface area contributed by atoms with Crippen LogP contribution in [0.5, 0.6) is 0 Å². The highest BCUT2D eigenvalue weighted by Crippen LogP contribution is 2.46. The van der Waals surface area contributed by atoms with Crippen molar-refractivity contribution in [2.24, 2.45) is 5.92 Å². The lowest BCUT2D eigenvalue weighted by molar-refractivity contribution is 0.319. The molecule has 146 valence electrons. The Hall–Kier alpha value is -2.89. The Morgan fingerprint density at radius 3 is 1.90 bits per heavy atom. The van der Waals surface area contributed by atoms with Crippen molar-refractivity contribution in [3.63, 3.8) is 0 Å². The van der Waals surface area contributed by atoms with E-state index in [9.17, 15) is 5.26 Å². The SMILES string of the molecule is N#CC(c1ccccc1)(c1ccccc1)C1CCCC1NCCc1ccccc1. The van der Waals surface area contributed by atoms with Gasteiger partial charge in [0.05, 0.1) is 6.07 Å². The average Bonchev–Trinajstić information content (AvgIpc) is 3.26. The molecular formula is C27H28N2. The summed E-state index contributed by atoms with van der Waals surface area (Å²) in [5.74, 6) is 0.257. The van der Waals surface area contributed by atoms with Gasteiger partial charge in [-0.3, -0.25) is 0 Å². The van der Waals surface area contributed by atoms with Crippen LogP contribution in [0.15, 0.2) is 91.0 Å². The molecule has 4 rings (SSSR count). The zero-order chi connectivity index (χ0) is 19.9. The lowest BCUT2D eigenvalue weighted by Crippen LogP contribution is -2.45. The van der Waals surface area contributed by atoms with Gasteiger partial charge in [-0.05, 0) is 42.5 Å². The van der Waals surface area contributed by atoms with Gasteiger partial charge in [-0.25, -0.2) is 0 Å². The normalized spacial score (nSPS) is 19.0. The molecule has 0 heterocycles. The van der Waals surface area contributed by atoms with Crippen LogP contribution in [-0.2, 0) is 11.8 Å². The molecule has 0 radical (unpaired) electrons. The molecular weight excluding hydrogens is 352 g/mol. The summed E-state index contributed by atoms with van der Waals surface area (Å²) in [6.07, 6.45) is 4.37. The topological polar surface area (TPSA) is 35.8 Å². The van der Waals surface area contributed by atoms with Crippen LogP contribution >= 0.6 is 0 Å². The molecule has 29 heavy (non-hydrogen) atoms. The maximum atomic E-state index is 10.6. The fourth-order valence-electron chi connectivity index (χ4n) is 4.98. The third-order valence-electron chi connectivity index (χ3n) is 6.37. The summed E-state index contributed by atoms with van der Waals surface area (Å²) in [4.78, 5) is 0. The summed E-state index contributed by atoms with van der Waals surface area (Å²) >= 11 is 0. The molecule has 1 aliphatic carbocycles. The first-order chi connectivity index (χ1) is 14.3. The predicted molar refractivity (Wildman–Crippen MR) is 119 cm³/mol. The van der Waals surface area contributed by atoms with Crippen LogP contribution in [0.25, 0.3) is 0 Å². The number of hydrogen-bond acceptors (Lipinski definition) is 2. The Balaban J connectivity index is 1.62. The van der Waals surface area contributed by atoms with Crippen LogP contribution in [0.4, 0.5) is 0 Å². The summed E-state index contributed by atoms with van der Waals surface area (Å²) < 4.78 is 0. The second-order valence-corrected chi connectivity index (χ2v) is 7.99. The molecule has 0 saturated heterocycles. The smallest absolute Gasteiger partial charge is 0.111 e. The predicted octanol–water partition coefficient (Wildman–Crippen LogP) is 5.50. The van der Waals surface area contributed by atoms with Crippen molar-refractivity contribution in [2.75, 3.05) is 6.54 Å². The van der Waals surface area contributed by atoms with E-state index in [4.69, 9.17) is 0 Å². The van der Waals surface area contributed by atoms with Crippen LogP contribution < -0.4 is 5.32 Å². The van der Waals surface area contributed by atoms with E-state index in [1.54, 1.807) is 0 Å². The van der Waals surface area contributed by atoms with E-state index in [1.165, 1.54) is 5.56 Å². The summed E-state index contributed by atoms with van der Waals surface area (Å²) in [7, 11) is 0. The van der Waals surface area contributed by atoms with E-state index in [0.29, 0.717) is 6.04 Å². The van der Waals surface area contributed by atoms with E-state index < -0.39 is 5.41 Å². The van der Waals surface area contributed by atoms with Crippen LogP contribution in [0.2, 0.25) is 0 Å². The second-order valence-electron chi connectivity index (χ2n) is 7.99.